The number of hydrogen-bond donors (Lipinski definition) is 2. The average molecular weight is 582 g/mol. The molecular formula is C34H43N7O2. The molecule has 0 unspecified atom stereocenters. The first-order valence-corrected chi connectivity index (χ1v) is 15.7. The first-order chi connectivity index (χ1) is 20.6. The standard InChI is InChI=1S/C34H43N7O2/c1-22-6-5-11-41(18-22)19-25-14-29(38-30-28(25)7-9-33(30,2)3)31(43)37-27-13-24(20-42)12-26(15-27)34(16-23(17-34)8-10-35)32-39-36-21-40(32)4/h12-15,21-23,42H,5-9,11,16-20H2,1-4H3,(H,37,43)/t22-,23?,34?/m0/s1. The Morgan fingerprint density at radius 2 is 2.05 bits per heavy atom. The number of carbonyl (C=O) groups excluding carboxylic acids is 1. The van der Waals surface area contributed by atoms with Gasteiger partial charge in [-0.3, -0.25) is 9.69 Å². The summed E-state index contributed by atoms with van der Waals surface area (Å²) in [7, 11) is 1.93. The molecule has 2 N–H and O–H groups in total. The van der Waals surface area contributed by atoms with Gasteiger partial charge >= 0.3 is 0 Å². The molecule has 3 aromatic rings. The third kappa shape index (κ3) is 5.59. The van der Waals surface area contributed by atoms with Gasteiger partial charge in [-0.15, -0.1) is 10.2 Å². The number of amides is 1. The van der Waals surface area contributed by atoms with Gasteiger partial charge in [-0.2, -0.15) is 5.26 Å². The molecule has 0 bridgehead atoms. The second kappa shape index (κ2) is 11.5. The van der Waals surface area contributed by atoms with Gasteiger partial charge in [0.25, 0.3) is 5.91 Å². The van der Waals surface area contributed by atoms with Crippen LogP contribution in [0.5, 0.6) is 0 Å². The number of nitrogens with zero attached hydrogens (tertiary/aromatic N) is 6. The Hall–Kier alpha value is -3.61. The summed E-state index contributed by atoms with van der Waals surface area (Å²) in [5, 5.41) is 31.2. The number of carbonyl (C=O) groups is 1. The summed E-state index contributed by atoms with van der Waals surface area (Å²) >= 11 is 0. The summed E-state index contributed by atoms with van der Waals surface area (Å²) in [5.41, 5.74) is 5.78. The Labute approximate surface area is 254 Å². The zero-order valence-corrected chi connectivity index (χ0v) is 25.9. The summed E-state index contributed by atoms with van der Waals surface area (Å²) in [6.45, 7) is 9.63. The van der Waals surface area contributed by atoms with E-state index in [4.69, 9.17) is 4.98 Å². The van der Waals surface area contributed by atoms with E-state index in [1.807, 2.05) is 35.9 Å². The molecule has 1 saturated heterocycles. The van der Waals surface area contributed by atoms with Gasteiger partial charge in [0.2, 0.25) is 0 Å². The molecular weight excluding hydrogens is 538 g/mol. The Morgan fingerprint density at radius 3 is 2.74 bits per heavy atom. The van der Waals surface area contributed by atoms with Crippen LogP contribution in [0.2, 0.25) is 0 Å². The van der Waals surface area contributed by atoms with E-state index in [1.165, 1.54) is 24.0 Å². The largest absolute Gasteiger partial charge is 0.392 e. The topological polar surface area (TPSA) is 120 Å². The van der Waals surface area contributed by atoms with Crippen LogP contribution in [0.3, 0.4) is 0 Å². The quantitative estimate of drug-likeness (QED) is 0.383. The molecule has 3 heterocycles. The molecule has 2 aromatic heterocycles. The fourth-order valence-corrected chi connectivity index (χ4v) is 7.74. The van der Waals surface area contributed by atoms with Crippen molar-refractivity contribution in [3.63, 3.8) is 0 Å². The maximum atomic E-state index is 13.9. The van der Waals surface area contributed by atoms with Gasteiger partial charge in [0, 0.05) is 37.7 Å². The average Bonchev–Trinajstić information content (AvgIpc) is 3.52. The van der Waals surface area contributed by atoms with Crippen LogP contribution in [0.15, 0.2) is 30.6 Å². The number of anilines is 1. The van der Waals surface area contributed by atoms with E-state index >= 15 is 0 Å². The van der Waals surface area contributed by atoms with Crippen LogP contribution in [0.25, 0.3) is 0 Å². The summed E-state index contributed by atoms with van der Waals surface area (Å²) in [4.78, 5) is 21.4. The fourth-order valence-electron chi connectivity index (χ4n) is 7.74. The van der Waals surface area contributed by atoms with Gasteiger partial charge in [-0.25, -0.2) is 4.98 Å². The van der Waals surface area contributed by atoms with Crippen molar-refractivity contribution < 1.29 is 9.90 Å². The van der Waals surface area contributed by atoms with Crippen molar-refractivity contribution in [2.24, 2.45) is 18.9 Å². The Balaban J connectivity index is 1.33. The molecule has 1 atom stereocenters. The van der Waals surface area contributed by atoms with Crippen molar-refractivity contribution in [3.05, 3.63) is 70.1 Å². The number of benzene rings is 1. The highest BCUT2D eigenvalue weighted by molar-refractivity contribution is 6.03. The summed E-state index contributed by atoms with van der Waals surface area (Å²) in [6, 6.07) is 10.1. The highest BCUT2D eigenvalue weighted by Crippen LogP contribution is 2.53. The minimum Gasteiger partial charge on any atom is -0.392 e. The molecule has 1 saturated carbocycles. The summed E-state index contributed by atoms with van der Waals surface area (Å²) in [5.74, 6) is 1.53. The second-order valence-corrected chi connectivity index (χ2v) is 13.9. The van der Waals surface area contributed by atoms with Gasteiger partial charge in [0.15, 0.2) is 0 Å². The highest BCUT2D eigenvalue weighted by Gasteiger charge is 2.50. The lowest BCUT2D eigenvalue weighted by Gasteiger charge is -2.47. The van der Waals surface area contributed by atoms with E-state index < -0.39 is 5.41 Å². The Morgan fingerprint density at radius 1 is 1.23 bits per heavy atom. The van der Waals surface area contributed by atoms with Gasteiger partial charge in [-0.1, -0.05) is 26.8 Å². The van der Waals surface area contributed by atoms with Crippen molar-refractivity contribution in [3.8, 4) is 6.07 Å². The van der Waals surface area contributed by atoms with Crippen molar-refractivity contribution >= 4 is 11.6 Å². The molecule has 43 heavy (non-hydrogen) atoms. The Kier molecular flexibility index (Phi) is 7.86. The van der Waals surface area contributed by atoms with Crippen LogP contribution in [0.4, 0.5) is 5.69 Å². The number of aryl methyl sites for hydroxylation is 1. The number of nitrogens with one attached hydrogen (secondary N) is 1. The lowest BCUT2D eigenvalue weighted by Crippen LogP contribution is -2.44. The molecule has 2 aliphatic carbocycles. The molecule has 1 aromatic carbocycles. The van der Waals surface area contributed by atoms with Crippen LogP contribution in [0, 0.1) is 23.2 Å². The van der Waals surface area contributed by atoms with E-state index in [0.717, 1.165) is 62.4 Å². The maximum absolute atomic E-state index is 13.9. The minimum atomic E-state index is -0.438. The number of piperidine rings is 1. The summed E-state index contributed by atoms with van der Waals surface area (Å²) < 4.78 is 1.92. The maximum Gasteiger partial charge on any atom is 0.274 e. The predicted molar refractivity (Wildman–Crippen MR) is 164 cm³/mol. The van der Waals surface area contributed by atoms with Crippen molar-refractivity contribution in [2.75, 3.05) is 18.4 Å². The normalized spacial score (nSPS) is 24.7. The van der Waals surface area contributed by atoms with Crippen LogP contribution in [-0.4, -0.2) is 48.8 Å². The van der Waals surface area contributed by atoms with Gasteiger partial charge in [0.1, 0.15) is 17.8 Å². The minimum absolute atomic E-state index is 0.0772. The smallest absolute Gasteiger partial charge is 0.274 e. The van der Waals surface area contributed by atoms with Crippen LogP contribution in [0.1, 0.15) is 104 Å². The third-order valence-corrected chi connectivity index (χ3v) is 10.0. The molecule has 3 aliphatic rings. The van der Waals surface area contributed by atoms with E-state index in [2.05, 4.69) is 47.3 Å². The first-order valence-electron chi connectivity index (χ1n) is 15.7. The van der Waals surface area contributed by atoms with Crippen molar-refractivity contribution in [1.29, 1.82) is 5.26 Å². The molecule has 6 rings (SSSR count). The fraction of sp³-hybridized carbons (Fsp3) is 0.559. The van der Waals surface area contributed by atoms with E-state index in [-0.39, 0.29) is 23.8 Å². The molecule has 9 nitrogen and oxygen atoms in total. The number of fused-ring (bicyclic) bond motifs is 1. The lowest BCUT2D eigenvalue weighted by molar-refractivity contribution is 0.102. The second-order valence-electron chi connectivity index (χ2n) is 13.9. The molecule has 0 radical (unpaired) electrons. The van der Waals surface area contributed by atoms with Gasteiger partial charge in [0.05, 0.1) is 23.8 Å². The highest BCUT2D eigenvalue weighted by atomic mass is 16.3. The molecule has 226 valence electrons. The number of aromatic nitrogens is 4. The monoisotopic (exact) mass is 581 g/mol. The molecule has 9 heteroatoms. The first kappa shape index (κ1) is 29.5. The molecule has 1 amide bonds. The predicted octanol–water partition coefficient (Wildman–Crippen LogP) is 5.02. The zero-order chi connectivity index (χ0) is 30.4. The van der Waals surface area contributed by atoms with Gasteiger partial charge < -0.3 is 15.0 Å². The summed E-state index contributed by atoms with van der Waals surface area (Å²) in [6.07, 6.45) is 8.21. The van der Waals surface area contributed by atoms with E-state index in [9.17, 15) is 15.2 Å². The van der Waals surface area contributed by atoms with Gasteiger partial charge in [-0.05, 0) is 97.4 Å². The molecule has 0 spiro atoms. The number of nitriles is 1. The van der Waals surface area contributed by atoms with E-state index in [1.54, 1.807) is 6.33 Å². The van der Waals surface area contributed by atoms with E-state index in [0.29, 0.717) is 29.3 Å². The number of pyridine rings is 1. The number of hydrogen-bond acceptors (Lipinski definition) is 7. The SMILES string of the molecule is C[C@H]1CCCN(Cc2cc(C(=O)Nc3cc(CO)cc(C4(c5nncn5C)CC(CC#N)C4)c3)nc3c2CCC3(C)C)C1. The number of rotatable bonds is 8. The molecule has 2 fully saturated rings. The van der Waals surface area contributed by atoms with Crippen molar-refractivity contribution in [1.82, 2.24) is 24.6 Å². The van der Waals surface area contributed by atoms with Crippen LogP contribution < -0.4 is 5.32 Å². The number of aliphatic hydroxyl groups excluding tert-OH is 1. The third-order valence-electron chi connectivity index (χ3n) is 10.0. The lowest BCUT2D eigenvalue weighted by atomic mass is 9.57. The molecule has 1 aliphatic heterocycles. The van der Waals surface area contributed by atoms with Crippen molar-refractivity contribution in [2.45, 2.75) is 89.7 Å². The zero-order valence-electron chi connectivity index (χ0n) is 25.9. The number of aliphatic hydroxyl groups is 1. The van der Waals surface area contributed by atoms with Crippen LogP contribution >= 0.6 is 0 Å². The van der Waals surface area contributed by atoms with Crippen LogP contribution in [-0.2, 0) is 37.5 Å². The number of likely N-dealkylation sites (tertiary alicyclic amines) is 1. The Bertz CT molecular complexity index is 1560.